The summed E-state index contributed by atoms with van der Waals surface area (Å²) in [5.74, 6) is 0.597. The van der Waals surface area contributed by atoms with Gasteiger partial charge in [-0.15, -0.1) is 0 Å². The summed E-state index contributed by atoms with van der Waals surface area (Å²) in [6, 6.07) is 4.69. The molecule has 18 heavy (non-hydrogen) atoms. The molecule has 0 aliphatic heterocycles. The fourth-order valence-corrected chi connectivity index (χ4v) is 2.14. The Labute approximate surface area is 107 Å². The van der Waals surface area contributed by atoms with Crippen LogP contribution in [0.15, 0.2) is 18.2 Å². The van der Waals surface area contributed by atoms with Gasteiger partial charge in [0.15, 0.2) is 0 Å². The second-order valence-electron chi connectivity index (χ2n) is 4.70. The van der Waals surface area contributed by atoms with E-state index in [9.17, 15) is 4.39 Å². The largest absolute Gasteiger partial charge is 0.238 e. The summed E-state index contributed by atoms with van der Waals surface area (Å²) >= 11 is 0. The Bertz CT molecular complexity index is 537. The zero-order valence-electron chi connectivity index (χ0n) is 11.0. The van der Waals surface area contributed by atoms with Gasteiger partial charge in [-0.2, -0.15) is 0 Å². The molecule has 0 unspecified atom stereocenters. The lowest BCUT2D eigenvalue weighted by molar-refractivity contribution is 0.628. The summed E-state index contributed by atoms with van der Waals surface area (Å²) in [5.41, 5.74) is 1.65. The van der Waals surface area contributed by atoms with E-state index in [0.717, 1.165) is 29.7 Å². The standard InChI is InChI=1S/C15H19FN2/c1-3-4-5-6-7-15-17-11(2)13-9-8-12(16)10-14(13)18-15/h8-10H,3-7H2,1-2H3. The van der Waals surface area contributed by atoms with Crippen molar-refractivity contribution in [3.63, 3.8) is 0 Å². The number of rotatable bonds is 5. The third-order valence-corrected chi connectivity index (χ3v) is 3.15. The molecule has 2 rings (SSSR count). The quantitative estimate of drug-likeness (QED) is 0.739. The van der Waals surface area contributed by atoms with Crippen LogP contribution in [0.3, 0.4) is 0 Å². The van der Waals surface area contributed by atoms with Crippen LogP contribution >= 0.6 is 0 Å². The summed E-state index contributed by atoms with van der Waals surface area (Å²) in [5, 5.41) is 0.939. The highest BCUT2D eigenvalue weighted by Crippen LogP contribution is 2.17. The van der Waals surface area contributed by atoms with E-state index in [1.54, 1.807) is 6.07 Å². The molecule has 3 heteroatoms. The monoisotopic (exact) mass is 246 g/mol. The van der Waals surface area contributed by atoms with Gasteiger partial charge in [-0.1, -0.05) is 26.2 Å². The first kappa shape index (κ1) is 12.9. The van der Waals surface area contributed by atoms with E-state index in [1.807, 2.05) is 6.92 Å². The van der Waals surface area contributed by atoms with E-state index < -0.39 is 0 Å². The van der Waals surface area contributed by atoms with Crippen LogP contribution in [0, 0.1) is 12.7 Å². The molecule has 1 heterocycles. The minimum absolute atomic E-state index is 0.238. The normalized spacial score (nSPS) is 11.1. The molecule has 0 saturated carbocycles. The lowest BCUT2D eigenvalue weighted by Crippen LogP contribution is -1.99. The average molecular weight is 246 g/mol. The van der Waals surface area contributed by atoms with Crippen molar-refractivity contribution >= 4 is 10.9 Å². The molecule has 2 aromatic rings. The highest BCUT2D eigenvalue weighted by molar-refractivity contribution is 5.80. The number of unbranched alkanes of at least 4 members (excludes halogenated alkanes) is 3. The van der Waals surface area contributed by atoms with Crippen molar-refractivity contribution in [1.29, 1.82) is 0 Å². The molecular weight excluding hydrogens is 227 g/mol. The molecule has 0 amide bonds. The Morgan fingerprint density at radius 1 is 1.11 bits per heavy atom. The Morgan fingerprint density at radius 3 is 2.72 bits per heavy atom. The summed E-state index contributed by atoms with van der Waals surface area (Å²) < 4.78 is 13.2. The van der Waals surface area contributed by atoms with Gasteiger partial charge in [0.05, 0.1) is 5.52 Å². The Balaban J connectivity index is 2.19. The van der Waals surface area contributed by atoms with Gasteiger partial charge in [-0.05, 0) is 25.5 Å². The first-order valence-electron chi connectivity index (χ1n) is 6.63. The Kier molecular flexibility index (Phi) is 4.24. The number of hydrogen-bond donors (Lipinski definition) is 0. The number of nitrogens with zero attached hydrogens (tertiary/aromatic N) is 2. The molecule has 0 N–H and O–H groups in total. The molecule has 0 spiro atoms. The number of halogens is 1. The third-order valence-electron chi connectivity index (χ3n) is 3.15. The molecule has 0 bridgehead atoms. The van der Waals surface area contributed by atoms with Gasteiger partial charge < -0.3 is 0 Å². The van der Waals surface area contributed by atoms with Crippen LogP contribution in [0.25, 0.3) is 10.9 Å². The number of benzene rings is 1. The third kappa shape index (κ3) is 3.03. The van der Waals surface area contributed by atoms with Gasteiger partial charge in [0.1, 0.15) is 11.6 Å². The van der Waals surface area contributed by atoms with Crippen LogP contribution in [0.4, 0.5) is 4.39 Å². The van der Waals surface area contributed by atoms with Crippen LogP contribution in [0.5, 0.6) is 0 Å². The van der Waals surface area contributed by atoms with Crippen LogP contribution in [0.1, 0.15) is 44.1 Å². The Hall–Kier alpha value is -1.51. The molecule has 0 atom stereocenters. The van der Waals surface area contributed by atoms with Crippen molar-refractivity contribution in [2.24, 2.45) is 0 Å². The van der Waals surface area contributed by atoms with Gasteiger partial charge in [-0.25, -0.2) is 14.4 Å². The van der Waals surface area contributed by atoms with Crippen molar-refractivity contribution in [3.8, 4) is 0 Å². The molecule has 0 radical (unpaired) electrons. The second-order valence-corrected chi connectivity index (χ2v) is 4.70. The predicted octanol–water partition coefficient (Wildman–Crippen LogP) is 4.20. The van der Waals surface area contributed by atoms with Crippen LogP contribution < -0.4 is 0 Å². The van der Waals surface area contributed by atoms with Gasteiger partial charge >= 0.3 is 0 Å². The molecule has 96 valence electrons. The lowest BCUT2D eigenvalue weighted by Gasteiger charge is -2.05. The number of aromatic nitrogens is 2. The zero-order chi connectivity index (χ0) is 13.0. The first-order valence-corrected chi connectivity index (χ1v) is 6.63. The average Bonchev–Trinajstić information content (AvgIpc) is 2.34. The van der Waals surface area contributed by atoms with Crippen molar-refractivity contribution in [3.05, 3.63) is 35.5 Å². The zero-order valence-corrected chi connectivity index (χ0v) is 11.0. The SMILES string of the molecule is CCCCCCc1nc(C)c2ccc(F)cc2n1. The molecule has 1 aromatic heterocycles. The maximum absolute atomic E-state index is 13.2. The van der Waals surface area contributed by atoms with Gasteiger partial charge in [0.2, 0.25) is 0 Å². The van der Waals surface area contributed by atoms with E-state index in [0.29, 0.717) is 5.52 Å². The second kappa shape index (κ2) is 5.89. The fraction of sp³-hybridized carbons (Fsp3) is 0.467. The number of aryl methyl sites for hydroxylation is 2. The summed E-state index contributed by atoms with van der Waals surface area (Å²) in [7, 11) is 0. The topological polar surface area (TPSA) is 25.8 Å². The molecule has 0 aliphatic carbocycles. The Morgan fingerprint density at radius 2 is 1.94 bits per heavy atom. The smallest absolute Gasteiger partial charge is 0.129 e. The predicted molar refractivity (Wildman–Crippen MR) is 72.1 cm³/mol. The fourth-order valence-electron chi connectivity index (χ4n) is 2.14. The first-order chi connectivity index (χ1) is 8.70. The minimum atomic E-state index is -0.238. The lowest BCUT2D eigenvalue weighted by atomic mass is 10.1. The van der Waals surface area contributed by atoms with Crippen LogP contribution in [-0.4, -0.2) is 9.97 Å². The van der Waals surface area contributed by atoms with E-state index in [1.165, 1.54) is 31.4 Å². The van der Waals surface area contributed by atoms with Gasteiger partial charge in [-0.3, -0.25) is 0 Å². The molecule has 0 fully saturated rings. The van der Waals surface area contributed by atoms with Crippen molar-refractivity contribution in [1.82, 2.24) is 9.97 Å². The van der Waals surface area contributed by atoms with Crippen LogP contribution in [-0.2, 0) is 6.42 Å². The van der Waals surface area contributed by atoms with Crippen LogP contribution in [0.2, 0.25) is 0 Å². The highest BCUT2D eigenvalue weighted by Gasteiger charge is 2.05. The number of fused-ring (bicyclic) bond motifs is 1. The molecular formula is C15H19FN2. The van der Waals surface area contributed by atoms with Crippen molar-refractivity contribution in [2.45, 2.75) is 46.0 Å². The van der Waals surface area contributed by atoms with Gasteiger partial charge in [0, 0.05) is 23.6 Å². The van der Waals surface area contributed by atoms with E-state index in [2.05, 4.69) is 16.9 Å². The van der Waals surface area contributed by atoms with Crippen molar-refractivity contribution in [2.75, 3.05) is 0 Å². The number of hydrogen-bond acceptors (Lipinski definition) is 2. The highest BCUT2D eigenvalue weighted by atomic mass is 19.1. The van der Waals surface area contributed by atoms with E-state index in [-0.39, 0.29) is 5.82 Å². The molecule has 0 saturated heterocycles. The summed E-state index contributed by atoms with van der Waals surface area (Å²) in [6.07, 6.45) is 5.67. The molecule has 1 aromatic carbocycles. The molecule has 2 nitrogen and oxygen atoms in total. The molecule has 0 aliphatic rings. The van der Waals surface area contributed by atoms with E-state index in [4.69, 9.17) is 0 Å². The van der Waals surface area contributed by atoms with Crippen molar-refractivity contribution < 1.29 is 4.39 Å². The van der Waals surface area contributed by atoms with E-state index >= 15 is 0 Å². The minimum Gasteiger partial charge on any atom is -0.238 e. The summed E-state index contributed by atoms with van der Waals surface area (Å²) in [4.78, 5) is 8.94. The maximum Gasteiger partial charge on any atom is 0.129 e. The summed E-state index contributed by atoms with van der Waals surface area (Å²) in [6.45, 7) is 4.15. The maximum atomic E-state index is 13.2. The van der Waals surface area contributed by atoms with Gasteiger partial charge in [0.25, 0.3) is 0 Å².